The summed E-state index contributed by atoms with van der Waals surface area (Å²) in [5, 5.41) is 4.12. The van der Waals surface area contributed by atoms with Crippen LogP contribution in [0.15, 0.2) is 29.6 Å². The quantitative estimate of drug-likeness (QED) is 0.654. The number of imide groups is 2. The fourth-order valence-electron chi connectivity index (χ4n) is 4.86. The van der Waals surface area contributed by atoms with Gasteiger partial charge in [0.2, 0.25) is 11.8 Å². The van der Waals surface area contributed by atoms with E-state index in [1.54, 1.807) is 29.5 Å². The molecule has 5 rings (SSSR count). The molecule has 0 bridgehead atoms. The Morgan fingerprint density at radius 1 is 1.06 bits per heavy atom. The summed E-state index contributed by atoms with van der Waals surface area (Å²) in [5.74, 6) is -1.70. The highest BCUT2D eigenvalue weighted by Gasteiger charge is 2.46. The number of benzene rings is 1. The Morgan fingerprint density at radius 3 is 2.46 bits per heavy atom. The number of anilines is 1. The summed E-state index contributed by atoms with van der Waals surface area (Å²) in [4.78, 5) is 69.3. The lowest BCUT2D eigenvalue weighted by molar-refractivity contribution is -0.136. The zero-order valence-electron chi connectivity index (χ0n) is 19.6. The van der Waals surface area contributed by atoms with E-state index in [-0.39, 0.29) is 29.9 Å². The number of hydrogen-bond acceptors (Lipinski definition) is 7. The van der Waals surface area contributed by atoms with Gasteiger partial charge in [-0.1, -0.05) is 19.9 Å². The summed E-state index contributed by atoms with van der Waals surface area (Å²) in [6.45, 7) is 6.23. The zero-order chi connectivity index (χ0) is 24.9. The summed E-state index contributed by atoms with van der Waals surface area (Å²) >= 11 is 1.59. The maximum atomic E-state index is 13.4. The van der Waals surface area contributed by atoms with Crippen molar-refractivity contribution in [3.8, 4) is 0 Å². The molecule has 1 atom stereocenters. The van der Waals surface area contributed by atoms with Crippen LogP contribution in [0.4, 0.5) is 5.69 Å². The largest absolute Gasteiger partial charge is 0.367 e. The number of carbonyl (C=O) groups is 5. The topological polar surface area (TPSA) is 107 Å². The van der Waals surface area contributed by atoms with Gasteiger partial charge in [-0.05, 0) is 30.5 Å². The molecule has 182 valence electrons. The van der Waals surface area contributed by atoms with Crippen molar-refractivity contribution < 1.29 is 24.0 Å². The lowest BCUT2D eigenvalue weighted by Gasteiger charge is -2.36. The molecular weight excluding hydrogens is 468 g/mol. The number of fused-ring (bicyclic) bond motifs is 1. The Bertz CT molecular complexity index is 1240. The predicted molar refractivity (Wildman–Crippen MR) is 130 cm³/mol. The molecule has 0 spiro atoms. The van der Waals surface area contributed by atoms with Gasteiger partial charge in [-0.2, -0.15) is 0 Å². The van der Waals surface area contributed by atoms with Crippen LogP contribution in [0.1, 0.15) is 68.6 Å². The maximum absolute atomic E-state index is 13.4. The Labute approximate surface area is 206 Å². The minimum Gasteiger partial charge on any atom is -0.367 e. The van der Waals surface area contributed by atoms with Crippen LogP contribution in [0.25, 0.3) is 0 Å². The van der Waals surface area contributed by atoms with Crippen LogP contribution >= 0.6 is 11.3 Å². The number of carbonyl (C=O) groups excluding carboxylic acids is 5. The molecule has 0 saturated carbocycles. The fraction of sp³-hybridized carbons (Fsp3) is 0.400. The molecule has 1 unspecified atom stereocenters. The average Bonchev–Trinajstić information content (AvgIpc) is 3.43. The first-order valence-electron chi connectivity index (χ1n) is 11.7. The van der Waals surface area contributed by atoms with Crippen molar-refractivity contribution in [2.45, 2.75) is 38.6 Å². The number of amides is 5. The molecule has 1 aromatic carbocycles. The number of piperazine rings is 1. The first kappa shape index (κ1) is 23.2. The van der Waals surface area contributed by atoms with Crippen molar-refractivity contribution in [1.82, 2.24) is 15.1 Å². The summed E-state index contributed by atoms with van der Waals surface area (Å²) in [5.41, 5.74) is 1.87. The molecule has 3 aliphatic rings. The second kappa shape index (κ2) is 8.92. The van der Waals surface area contributed by atoms with Crippen molar-refractivity contribution in [2.75, 3.05) is 31.1 Å². The van der Waals surface area contributed by atoms with E-state index in [2.05, 4.69) is 19.2 Å². The first-order valence-corrected chi connectivity index (χ1v) is 12.6. The van der Waals surface area contributed by atoms with Gasteiger partial charge in [0.05, 0.1) is 22.4 Å². The van der Waals surface area contributed by atoms with Gasteiger partial charge in [-0.25, -0.2) is 0 Å². The number of thiophene rings is 1. The lowest BCUT2D eigenvalue weighted by Crippen LogP contribution is -2.54. The van der Waals surface area contributed by atoms with Crippen molar-refractivity contribution in [2.24, 2.45) is 0 Å². The highest BCUT2D eigenvalue weighted by Crippen LogP contribution is 2.35. The average molecular weight is 495 g/mol. The molecule has 2 saturated heterocycles. The molecular formula is C25H26N4O5S. The minimum atomic E-state index is -0.997. The third-order valence-corrected chi connectivity index (χ3v) is 8.02. The van der Waals surface area contributed by atoms with Crippen LogP contribution in [0, 0.1) is 0 Å². The van der Waals surface area contributed by atoms with Gasteiger partial charge in [0.15, 0.2) is 0 Å². The Kier molecular flexibility index (Phi) is 5.92. The van der Waals surface area contributed by atoms with Crippen molar-refractivity contribution >= 4 is 46.6 Å². The van der Waals surface area contributed by atoms with Gasteiger partial charge in [-0.3, -0.25) is 34.2 Å². The number of nitrogens with zero attached hydrogens (tertiary/aromatic N) is 3. The minimum absolute atomic E-state index is 0.00128. The molecule has 10 heteroatoms. The van der Waals surface area contributed by atoms with Gasteiger partial charge in [-0.15, -0.1) is 11.3 Å². The second-order valence-electron chi connectivity index (χ2n) is 9.32. The van der Waals surface area contributed by atoms with E-state index in [1.807, 2.05) is 21.2 Å². The highest BCUT2D eigenvalue weighted by molar-refractivity contribution is 7.10. The molecule has 2 fully saturated rings. The molecule has 0 radical (unpaired) electrons. The first-order chi connectivity index (χ1) is 16.8. The van der Waals surface area contributed by atoms with E-state index in [0.717, 1.165) is 4.90 Å². The molecule has 0 aliphatic carbocycles. The Balaban J connectivity index is 1.32. The monoisotopic (exact) mass is 494 g/mol. The molecule has 3 aliphatic heterocycles. The SMILES string of the molecule is CC(C)c1cc(C(=O)N2CCN(c3cccc4c3C(=O)N(C3CCC(=O)NC3=O)C4=O)CC2)cs1. The highest BCUT2D eigenvalue weighted by atomic mass is 32.1. The van der Waals surface area contributed by atoms with Gasteiger partial charge in [0, 0.05) is 42.9 Å². The smallest absolute Gasteiger partial charge is 0.264 e. The van der Waals surface area contributed by atoms with E-state index in [9.17, 15) is 24.0 Å². The number of nitrogens with one attached hydrogen (secondary N) is 1. The summed E-state index contributed by atoms with van der Waals surface area (Å²) < 4.78 is 0. The molecule has 2 aromatic rings. The molecule has 4 heterocycles. The number of piperidine rings is 1. The number of rotatable bonds is 4. The van der Waals surface area contributed by atoms with E-state index < -0.39 is 29.7 Å². The zero-order valence-corrected chi connectivity index (χ0v) is 20.4. The van der Waals surface area contributed by atoms with Crippen LogP contribution in [-0.2, 0) is 9.59 Å². The Morgan fingerprint density at radius 2 is 1.80 bits per heavy atom. The van der Waals surface area contributed by atoms with Crippen molar-refractivity contribution in [1.29, 1.82) is 0 Å². The van der Waals surface area contributed by atoms with Gasteiger partial charge in [0.1, 0.15) is 6.04 Å². The van der Waals surface area contributed by atoms with Crippen molar-refractivity contribution in [3.63, 3.8) is 0 Å². The van der Waals surface area contributed by atoms with Crippen LogP contribution in [-0.4, -0.2) is 71.6 Å². The fourth-order valence-corrected chi connectivity index (χ4v) is 5.76. The van der Waals surface area contributed by atoms with Crippen LogP contribution in [0.2, 0.25) is 0 Å². The lowest BCUT2D eigenvalue weighted by atomic mass is 10.0. The third kappa shape index (κ3) is 4.01. The molecule has 5 amide bonds. The summed E-state index contributed by atoms with van der Waals surface area (Å²) in [6, 6.07) is 6.08. The van der Waals surface area contributed by atoms with Crippen LogP contribution in [0.3, 0.4) is 0 Å². The van der Waals surface area contributed by atoms with E-state index in [4.69, 9.17) is 0 Å². The van der Waals surface area contributed by atoms with Gasteiger partial charge in [0.25, 0.3) is 17.7 Å². The predicted octanol–water partition coefficient (Wildman–Crippen LogP) is 2.24. The van der Waals surface area contributed by atoms with Crippen LogP contribution < -0.4 is 10.2 Å². The molecule has 9 nitrogen and oxygen atoms in total. The molecule has 1 N–H and O–H groups in total. The molecule has 1 aromatic heterocycles. The van der Waals surface area contributed by atoms with E-state index >= 15 is 0 Å². The standard InChI is InChI=1S/C25H26N4O5S/c1-14(2)19-12-15(13-35-19)23(32)28-10-8-27(9-11-28)17-5-3-4-16-21(17)25(34)29(24(16)33)18-6-7-20(30)26-22(18)31/h3-5,12-14,18H,6-11H2,1-2H3,(H,26,30,31). The van der Waals surface area contributed by atoms with Gasteiger partial charge >= 0.3 is 0 Å². The molecule has 35 heavy (non-hydrogen) atoms. The maximum Gasteiger partial charge on any atom is 0.264 e. The Hall–Kier alpha value is -3.53. The summed E-state index contributed by atoms with van der Waals surface area (Å²) in [7, 11) is 0. The summed E-state index contributed by atoms with van der Waals surface area (Å²) in [6.07, 6.45) is 0.197. The third-order valence-electron chi connectivity index (χ3n) is 6.79. The normalized spacial score (nSPS) is 20.5. The van der Waals surface area contributed by atoms with Crippen molar-refractivity contribution in [3.05, 3.63) is 51.2 Å². The van der Waals surface area contributed by atoms with E-state index in [1.165, 1.54) is 4.88 Å². The van der Waals surface area contributed by atoms with Crippen LogP contribution in [0.5, 0.6) is 0 Å². The van der Waals surface area contributed by atoms with E-state index in [0.29, 0.717) is 43.3 Å². The second-order valence-corrected chi connectivity index (χ2v) is 10.3. The van der Waals surface area contributed by atoms with Gasteiger partial charge < -0.3 is 9.80 Å². The number of hydrogen-bond donors (Lipinski definition) is 1.